The number of benzene rings is 1. The van der Waals surface area contributed by atoms with Crippen molar-refractivity contribution in [3.63, 3.8) is 0 Å². The minimum atomic E-state index is -0.0418. The molecule has 1 heterocycles. The van der Waals surface area contributed by atoms with Crippen LogP contribution in [-0.4, -0.2) is 50.2 Å². The molecule has 0 atom stereocenters. The summed E-state index contributed by atoms with van der Waals surface area (Å²) >= 11 is 3.39. The number of carbonyl (C=O) groups is 1. The zero-order valence-electron chi connectivity index (χ0n) is 12.1. The van der Waals surface area contributed by atoms with Gasteiger partial charge in [-0.3, -0.25) is 9.69 Å². The Balaban J connectivity index is 1.61. The van der Waals surface area contributed by atoms with Crippen LogP contribution in [0.4, 0.5) is 0 Å². The highest BCUT2D eigenvalue weighted by atomic mass is 79.9. The molecule has 1 aromatic carbocycles. The number of hydrogen-bond donors (Lipinski definition) is 1. The molecule has 1 N–H and O–H groups in total. The first-order valence-electron chi connectivity index (χ1n) is 7.25. The number of carbonyl (C=O) groups excluding carboxylic acids is 1. The Morgan fingerprint density at radius 3 is 2.71 bits per heavy atom. The molecule has 5 heteroatoms. The summed E-state index contributed by atoms with van der Waals surface area (Å²) < 4.78 is 6.34. The molecule has 1 saturated heterocycles. The lowest BCUT2D eigenvalue weighted by Gasteiger charge is -2.26. The molecule has 4 nitrogen and oxygen atoms in total. The summed E-state index contributed by atoms with van der Waals surface area (Å²) in [6, 6.07) is 7.85. The summed E-state index contributed by atoms with van der Waals surface area (Å²) in [6.07, 6.45) is 4.37. The third-order valence-corrected chi connectivity index (χ3v) is 3.88. The van der Waals surface area contributed by atoms with Crippen molar-refractivity contribution in [1.29, 1.82) is 0 Å². The van der Waals surface area contributed by atoms with E-state index >= 15 is 0 Å². The summed E-state index contributed by atoms with van der Waals surface area (Å²) in [5.74, 6) is -0.0418. The summed E-state index contributed by atoms with van der Waals surface area (Å²) in [6.45, 7) is 5.36. The van der Waals surface area contributed by atoms with Gasteiger partial charge in [0, 0.05) is 30.2 Å². The minimum absolute atomic E-state index is 0.0418. The van der Waals surface area contributed by atoms with Gasteiger partial charge in [0.15, 0.2) is 0 Å². The maximum absolute atomic E-state index is 11.7. The standard InChI is InChI=1S/C16H21BrN2O2/c17-15-5-2-14(3-6-15)4-7-16(20)18-8-1-9-19-10-12-21-13-11-19/h2-7H,1,8-13H2,(H,18,20)/b7-4+. The van der Waals surface area contributed by atoms with Gasteiger partial charge in [-0.05, 0) is 36.7 Å². The number of amides is 1. The van der Waals surface area contributed by atoms with Gasteiger partial charge in [0.05, 0.1) is 13.2 Å². The first-order chi connectivity index (χ1) is 10.2. The molecular weight excluding hydrogens is 332 g/mol. The summed E-state index contributed by atoms with van der Waals surface area (Å²) in [7, 11) is 0. The van der Waals surface area contributed by atoms with Gasteiger partial charge < -0.3 is 10.1 Å². The quantitative estimate of drug-likeness (QED) is 0.630. The van der Waals surface area contributed by atoms with Crippen LogP contribution in [0.1, 0.15) is 12.0 Å². The van der Waals surface area contributed by atoms with Crippen LogP contribution < -0.4 is 5.32 Å². The van der Waals surface area contributed by atoms with E-state index in [4.69, 9.17) is 4.74 Å². The van der Waals surface area contributed by atoms with Crippen molar-refractivity contribution in [3.05, 3.63) is 40.4 Å². The van der Waals surface area contributed by atoms with Gasteiger partial charge in [0.2, 0.25) is 5.91 Å². The van der Waals surface area contributed by atoms with E-state index in [1.165, 1.54) is 0 Å². The van der Waals surface area contributed by atoms with E-state index in [9.17, 15) is 4.79 Å². The Morgan fingerprint density at radius 2 is 2.00 bits per heavy atom. The Morgan fingerprint density at radius 1 is 1.29 bits per heavy atom. The van der Waals surface area contributed by atoms with E-state index in [2.05, 4.69) is 26.1 Å². The summed E-state index contributed by atoms with van der Waals surface area (Å²) in [5.41, 5.74) is 1.02. The predicted octanol–water partition coefficient (Wildman–Crippen LogP) is 2.30. The Hall–Kier alpha value is -1.17. The van der Waals surface area contributed by atoms with Crippen LogP contribution >= 0.6 is 15.9 Å². The minimum Gasteiger partial charge on any atom is -0.379 e. The van der Waals surface area contributed by atoms with Crippen LogP contribution in [0.2, 0.25) is 0 Å². The molecule has 21 heavy (non-hydrogen) atoms. The van der Waals surface area contributed by atoms with Gasteiger partial charge in [-0.25, -0.2) is 0 Å². The van der Waals surface area contributed by atoms with Crippen molar-refractivity contribution < 1.29 is 9.53 Å². The van der Waals surface area contributed by atoms with Crippen LogP contribution in [0.3, 0.4) is 0 Å². The van der Waals surface area contributed by atoms with E-state index < -0.39 is 0 Å². The SMILES string of the molecule is O=C(/C=C/c1ccc(Br)cc1)NCCCN1CCOCC1. The van der Waals surface area contributed by atoms with Crippen LogP contribution in [0.15, 0.2) is 34.8 Å². The Bertz CT molecular complexity index is 468. The first kappa shape index (κ1) is 16.2. The van der Waals surface area contributed by atoms with Gasteiger partial charge in [0.1, 0.15) is 0 Å². The number of halogens is 1. The molecule has 0 radical (unpaired) electrons. The number of nitrogens with one attached hydrogen (secondary N) is 1. The van der Waals surface area contributed by atoms with Crippen molar-refractivity contribution in [1.82, 2.24) is 10.2 Å². The second-order valence-electron chi connectivity index (χ2n) is 4.98. The number of nitrogens with zero attached hydrogens (tertiary/aromatic N) is 1. The second-order valence-corrected chi connectivity index (χ2v) is 5.90. The van der Waals surface area contributed by atoms with Gasteiger partial charge in [0.25, 0.3) is 0 Å². The van der Waals surface area contributed by atoms with Crippen molar-refractivity contribution in [3.8, 4) is 0 Å². The molecule has 0 aromatic heterocycles. The van der Waals surface area contributed by atoms with Crippen LogP contribution in [-0.2, 0) is 9.53 Å². The maximum Gasteiger partial charge on any atom is 0.243 e. The molecule has 0 unspecified atom stereocenters. The number of hydrogen-bond acceptors (Lipinski definition) is 3. The van der Waals surface area contributed by atoms with Crippen molar-refractivity contribution in [2.24, 2.45) is 0 Å². The fourth-order valence-electron chi connectivity index (χ4n) is 2.14. The van der Waals surface area contributed by atoms with Crippen LogP contribution in [0.25, 0.3) is 6.08 Å². The highest BCUT2D eigenvalue weighted by Gasteiger charge is 2.09. The fourth-order valence-corrected chi connectivity index (χ4v) is 2.41. The fraction of sp³-hybridized carbons (Fsp3) is 0.438. The number of rotatable bonds is 6. The molecule has 0 spiro atoms. The normalized spacial score (nSPS) is 16.2. The zero-order chi connectivity index (χ0) is 14.9. The predicted molar refractivity (Wildman–Crippen MR) is 88.1 cm³/mol. The highest BCUT2D eigenvalue weighted by molar-refractivity contribution is 9.10. The van der Waals surface area contributed by atoms with E-state index in [0.29, 0.717) is 6.54 Å². The van der Waals surface area contributed by atoms with Gasteiger partial charge in [-0.15, -0.1) is 0 Å². The zero-order valence-corrected chi connectivity index (χ0v) is 13.6. The molecule has 0 aliphatic carbocycles. The molecule has 1 fully saturated rings. The van der Waals surface area contributed by atoms with E-state index in [-0.39, 0.29) is 5.91 Å². The first-order valence-corrected chi connectivity index (χ1v) is 8.05. The monoisotopic (exact) mass is 352 g/mol. The maximum atomic E-state index is 11.7. The third kappa shape index (κ3) is 6.42. The lowest BCUT2D eigenvalue weighted by molar-refractivity contribution is -0.116. The molecule has 1 amide bonds. The average molecular weight is 353 g/mol. The molecule has 0 saturated carbocycles. The van der Waals surface area contributed by atoms with Crippen molar-refractivity contribution in [2.75, 3.05) is 39.4 Å². The van der Waals surface area contributed by atoms with E-state index in [1.54, 1.807) is 6.08 Å². The molecule has 0 bridgehead atoms. The summed E-state index contributed by atoms with van der Waals surface area (Å²) in [4.78, 5) is 14.1. The molecular formula is C16H21BrN2O2. The lowest BCUT2D eigenvalue weighted by atomic mass is 10.2. The van der Waals surface area contributed by atoms with Crippen molar-refractivity contribution in [2.45, 2.75) is 6.42 Å². The molecule has 1 aliphatic heterocycles. The molecule has 1 aliphatic rings. The lowest BCUT2D eigenvalue weighted by Crippen LogP contribution is -2.38. The van der Waals surface area contributed by atoms with Gasteiger partial charge in [-0.2, -0.15) is 0 Å². The summed E-state index contributed by atoms with van der Waals surface area (Å²) in [5, 5.41) is 2.91. The van der Waals surface area contributed by atoms with Crippen LogP contribution in [0, 0.1) is 0 Å². The van der Waals surface area contributed by atoms with Gasteiger partial charge >= 0.3 is 0 Å². The van der Waals surface area contributed by atoms with E-state index in [0.717, 1.165) is 49.3 Å². The van der Waals surface area contributed by atoms with Crippen LogP contribution in [0.5, 0.6) is 0 Å². The third-order valence-electron chi connectivity index (χ3n) is 3.35. The Labute approximate surface area is 134 Å². The smallest absolute Gasteiger partial charge is 0.243 e. The average Bonchev–Trinajstić information content (AvgIpc) is 2.52. The molecule has 1 aromatic rings. The number of ether oxygens (including phenoxy) is 1. The number of morpholine rings is 1. The largest absolute Gasteiger partial charge is 0.379 e. The Kier molecular flexibility index (Phi) is 6.92. The van der Waals surface area contributed by atoms with Crippen molar-refractivity contribution >= 4 is 27.9 Å². The topological polar surface area (TPSA) is 41.6 Å². The van der Waals surface area contributed by atoms with Gasteiger partial charge in [-0.1, -0.05) is 28.1 Å². The second kappa shape index (κ2) is 8.97. The molecule has 2 rings (SSSR count). The van der Waals surface area contributed by atoms with E-state index in [1.807, 2.05) is 30.3 Å². The highest BCUT2D eigenvalue weighted by Crippen LogP contribution is 2.11. The molecule has 114 valence electrons.